The Labute approximate surface area is 111 Å². The van der Waals surface area contributed by atoms with Crippen LogP contribution in [-0.4, -0.2) is 11.9 Å². The van der Waals surface area contributed by atoms with Gasteiger partial charge in [-0.15, -0.1) is 11.3 Å². The van der Waals surface area contributed by atoms with E-state index in [9.17, 15) is 4.79 Å². The van der Waals surface area contributed by atoms with Gasteiger partial charge in [0, 0.05) is 4.88 Å². The fourth-order valence-corrected chi connectivity index (χ4v) is 2.56. The lowest BCUT2D eigenvalue weighted by Gasteiger charge is -2.09. The zero-order valence-electron chi connectivity index (χ0n) is 10.8. The van der Waals surface area contributed by atoms with Crippen LogP contribution in [0.4, 0.5) is 0 Å². The molecule has 0 aliphatic carbocycles. The SMILES string of the molecule is CC(=O)c1ccc(-c2ccc(OC(C)C)cc2)s1. The van der Waals surface area contributed by atoms with Gasteiger partial charge in [-0.3, -0.25) is 4.79 Å². The Balaban J connectivity index is 2.20. The zero-order valence-corrected chi connectivity index (χ0v) is 11.6. The van der Waals surface area contributed by atoms with Gasteiger partial charge in [-0.05, 0) is 62.7 Å². The second-order valence-electron chi connectivity index (χ2n) is 4.41. The summed E-state index contributed by atoms with van der Waals surface area (Å²) in [6.45, 7) is 5.60. The van der Waals surface area contributed by atoms with E-state index in [4.69, 9.17) is 4.74 Å². The lowest BCUT2D eigenvalue weighted by molar-refractivity contribution is 0.102. The van der Waals surface area contributed by atoms with Crippen molar-refractivity contribution in [3.63, 3.8) is 0 Å². The quantitative estimate of drug-likeness (QED) is 0.761. The van der Waals surface area contributed by atoms with Crippen molar-refractivity contribution in [1.29, 1.82) is 0 Å². The Bertz CT molecular complexity index is 538. The van der Waals surface area contributed by atoms with Crippen molar-refractivity contribution in [3.8, 4) is 16.2 Å². The molecule has 2 nitrogen and oxygen atoms in total. The van der Waals surface area contributed by atoms with Crippen LogP contribution in [0.3, 0.4) is 0 Å². The number of carbonyl (C=O) groups excluding carboxylic acids is 1. The first-order chi connectivity index (χ1) is 8.56. The van der Waals surface area contributed by atoms with Crippen LogP contribution in [0.1, 0.15) is 30.4 Å². The number of benzene rings is 1. The van der Waals surface area contributed by atoms with Gasteiger partial charge in [0.2, 0.25) is 0 Å². The number of rotatable bonds is 4. The van der Waals surface area contributed by atoms with Gasteiger partial charge in [-0.2, -0.15) is 0 Å². The monoisotopic (exact) mass is 260 g/mol. The lowest BCUT2D eigenvalue weighted by atomic mass is 10.2. The fourth-order valence-electron chi connectivity index (χ4n) is 1.65. The van der Waals surface area contributed by atoms with Gasteiger partial charge in [-0.1, -0.05) is 0 Å². The van der Waals surface area contributed by atoms with Gasteiger partial charge < -0.3 is 4.74 Å². The highest BCUT2D eigenvalue weighted by Gasteiger charge is 2.06. The van der Waals surface area contributed by atoms with Crippen molar-refractivity contribution in [2.45, 2.75) is 26.9 Å². The standard InChI is InChI=1S/C15H16O2S/c1-10(2)17-13-6-4-12(5-7-13)15-9-8-14(18-15)11(3)16/h4-10H,1-3H3. The molecule has 0 saturated carbocycles. The predicted octanol–water partition coefficient (Wildman–Crippen LogP) is 4.40. The van der Waals surface area contributed by atoms with E-state index in [1.54, 1.807) is 6.92 Å². The minimum Gasteiger partial charge on any atom is -0.491 e. The maximum absolute atomic E-state index is 11.3. The van der Waals surface area contributed by atoms with E-state index in [0.29, 0.717) is 0 Å². The first kappa shape index (κ1) is 12.8. The van der Waals surface area contributed by atoms with Crippen LogP contribution >= 0.6 is 11.3 Å². The molecule has 18 heavy (non-hydrogen) atoms. The highest BCUT2D eigenvalue weighted by atomic mass is 32.1. The van der Waals surface area contributed by atoms with Gasteiger partial charge in [-0.25, -0.2) is 0 Å². The maximum atomic E-state index is 11.3. The summed E-state index contributed by atoms with van der Waals surface area (Å²) < 4.78 is 5.60. The summed E-state index contributed by atoms with van der Waals surface area (Å²) in [4.78, 5) is 13.2. The Morgan fingerprint density at radius 3 is 2.28 bits per heavy atom. The third-order valence-corrected chi connectivity index (χ3v) is 3.70. The molecule has 0 fully saturated rings. The number of hydrogen-bond acceptors (Lipinski definition) is 3. The van der Waals surface area contributed by atoms with E-state index in [-0.39, 0.29) is 11.9 Å². The molecule has 1 heterocycles. The minimum absolute atomic E-state index is 0.117. The third-order valence-electron chi connectivity index (χ3n) is 2.46. The van der Waals surface area contributed by atoms with Crippen LogP contribution < -0.4 is 4.74 Å². The Kier molecular flexibility index (Phi) is 3.82. The minimum atomic E-state index is 0.117. The van der Waals surface area contributed by atoms with E-state index in [1.807, 2.05) is 50.2 Å². The summed E-state index contributed by atoms with van der Waals surface area (Å²) in [5, 5.41) is 0. The maximum Gasteiger partial charge on any atom is 0.169 e. The first-order valence-electron chi connectivity index (χ1n) is 5.94. The zero-order chi connectivity index (χ0) is 13.1. The molecule has 3 heteroatoms. The summed E-state index contributed by atoms with van der Waals surface area (Å²) in [7, 11) is 0. The molecule has 0 unspecified atom stereocenters. The molecule has 0 radical (unpaired) electrons. The molecule has 2 rings (SSSR count). The molecule has 1 aromatic carbocycles. The molecular weight excluding hydrogens is 244 g/mol. The molecule has 1 aromatic heterocycles. The Morgan fingerprint density at radius 2 is 1.78 bits per heavy atom. The first-order valence-corrected chi connectivity index (χ1v) is 6.76. The molecule has 0 amide bonds. The summed E-state index contributed by atoms with van der Waals surface area (Å²) in [5.41, 5.74) is 1.11. The number of thiophene rings is 1. The largest absolute Gasteiger partial charge is 0.491 e. The smallest absolute Gasteiger partial charge is 0.169 e. The van der Waals surface area contributed by atoms with Gasteiger partial charge in [0.25, 0.3) is 0 Å². The normalized spacial score (nSPS) is 10.7. The van der Waals surface area contributed by atoms with E-state index in [2.05, 4.69) is 0 Å². The number of ether oxygens (including phenoxy) is 1. The second-order valence-corrected chi connectivity index (χ2v) is 5.49. The van der Waals surface area contributed by atoms with E-state index < -0.39 is 0 Å². The van der Waals surface area contributed by atoms with Crippen LogP contribution in [0.5, 0.6) is 5.75 Å². The number of hydrogen-bond donors (Lipinski definition) is 0. The molecule has 0 bridgehead atoms. The van der Waals surface area contributed by atoms with Crippen LogP contribution in [-0.2, 0) is 0 Å². The second kappa shape index (κ2) is 5.36. The van der Waals surface area contributed by atoms with Crippen LogP contribution in [0.2, 0.25) is 0 Å². The van der Waals surface area contributed by atoms with Crippen molar-refractivity contribution in [2.24, 2.45) is 0 Å². The Morgan fingerprint density at radius 1 is 1.11 bits per heavy atom. The van der Waals surface area contributed by atoms with Crippen LogP contribution in [0.15, 0.2) is 36.4 Å². The summed E-state index contributed by atoms with van der Waals surface area (Å²) >= 11 is 1.52. The fraction of sp³-hybridized carbons (Fsp3) is 0.267. The lowest BCUT2D eigenvalue weighted by Crippen LogP contribution is -2.04. The average molecular weight is 260 g/mol. The third kappa shape index (κ3) is 2.99. The molecule has 94 valence electrons. The van der Waals surface area contributed by atoms with Gasteiger partial charge >= 0.3 is 0 Å². The van der Waals surface area contributed by atoms with Gasteiger partial charge in [0.1, 0.15) is 5.75 Å². The van der Waals surface area contributed by atoms with Gasteiger partial charge in [0.05, 0.1) is 11.0 Å². The number of Topliss-reactive ketones (excluding diaryl/α,β-unsaturated/α-hetero) is 1. The van der Waals surface area contributed by atoms with Crippen LogP contribution in [0.25, 0.3) is 10.4 Å². The molecule has 0 atom stereocenters. The average Bonchev–Trinajstić information content (AvgIpc) is 2.78. The molecule has 0 N–H and O–H groups in total. The summed E-state index contributed by atoms with van der Waals surface area (Å²) in [6.07, 6.45) is 0.182. The molecule has 0 aliphatic heterocycles. The molecule has 0 aliphatic rings. The predicted molar refractivity (Wildman–Crippen MR) is 75.5 cm³/mol. The van der Waals surface area contributed by atoms with E-state index >= 15 is 0 Å². The van der Waals surface area contributed by atoms with Crippen molar-refractivity contribution in [2.75, 3.05) is 0 Å². The molecule has 0 spiro atoms. The van der Waals surface area contributed by atoms with E-state index in [0.717, 1.165) is 21.1 Å². The molecule has 0 saturated heterocycles. The topological polar surface area (TPSA) is 26.3 Å². The number of carbonyl (C=O) groups is 1. The highest BCUT2D eigenvalue weighted by molar-refractivity contribution is 7.17. The Hall–Kier alpha value is -1.61. The summed E-state index contributed by atoms with van der Waals surface area (Å²) in [5.74, 6) is 0.989. The van der Waals surface area contributed by atoms with Crippen LogP contribution in [0, 0.1) is 0 Å². The highest BCUT2D eigenvalue weighted by Crippen LogP contribution is 2.29. The summed E-state index contributed by atoms with van der Waals surface area (Å²) in [6, 6.07) is 11.8. The molecular formula is C15H16O2S. The van der Waals surface area contributed by atoms with Crippen molar-refractivity contribution < 1.29 is 9.53 Å². The van der Waals surface area contributed by atoms with Crippen molar-refractivity contribution in [1.82, 2.24) is 0 Å². The molecule has 2 aromatic rings. The van der Waals surface area contributed by atoms with Crippen molar-refractivity contribution in [3.05, 3.63) is 41.3 Å². The van der Waals surface area contributed by atoms with Gasteiger partial charge in [0.15, 0.2) is 5.78 Å². The van der Waals surface area contributed by atoms with Crippen molar-refractivity contribution >= 4 is 17.1 Å². The number of ketones is 1. The van der Waals surface area contributed by atoms with E-state index in [1.165, 1.54) is 11.3 Å².